The Labute approximate surface area is 67.7 Å². The van der Waals surface area contributed by atoms with E-state index in [4.69, 9.17) is 7.85 Å². The third kappa shape index (κ3) is 5.63. The molecule has 2 nitrogen and oxygen atoms in total. The minimum atomic E-state index is 0. The number of hydrogen-bond donors (Lipinski definition) is 0. The summed E-state index contributed by atoms with van der Waals surface area (Å²) in [5, 5.41) is 0. The summed E-state index contributed by atoms with van der Waals surface area (Å²) >= 11 is 0. The van der Waals surface area contributed by atoms with Gasteiger partial charge >= 0.3 is 0 Å². The van der Waals surface area contributed by atoms with Gasteiger partial charge < -0.3 is 11.0 Å². The number of halogens is 1. The fraction of sp³-hybridized carbons (Fsp3) is 0. The van der Waals surface area contributed by atoms with E-state index in [0.717, 1.165) is 5.46 Å². The SMILES string of the molecule is Cl.O.O.[B]c1ccccc1. The van der Waals surface area contributed by atoms with Gasteiger partial charge in [-0.3, -0.25) is 0 Å². The van der Waals surface area contributed by atoms with Crippen molar-refractivity contribution in [1.29, 1.82) is 0 Å². The Balaban J connectivity index is -0.000000163. The Morgan fingerprint density at radius 1 is 0.900 bits per heavy atom. The van der Waals surface area contributed by atoms with Crippen molar-refractivity contribution >= 4 is 25.7 Å². The van der Waals surface area contributed by atoms with Crippen LogP contribution in [0.2, 0.25) is 0 Å². The average Bonchev–Trinajstić information content (AvgIpc) is 1.69. The molecule has 4 heteroatoms. The molecule has 0 heterocycles. The Hall–Kier alpha value is -0.505. The smallest absolute Gasteiger partial charge is 0.113 e. The highest BCUT2D eigenvalue weighted by molar-refractivity contribution is 6.32. The average molecular weight is 160 g/mol. The van der Waals surface area contributed by atoms with Crippen LogP contribution in [0.4, 0.5) is 0 Å². The van der Waals surface area contributed by atoms with Gasteiger partial charge in [0.05, 0.1) is 0 Å². The predicted octanol–water partition coefficient (Wildman–Crippen LogP) is -0.747. The molecule has 0 amide bonds. The molecule has 0 spiro atoms. The molecule has 0 fully saturated rings. The highest BCUT2D eigenvalue weighted by Crippen LogP contribution is 1.76. The Kier molecular flexibility index (Phi) is 13.8. The molecule has 0 aliphatic heterocycles. The van der Waals surface area contributed by atoms with Crippen LogP contribution >= 0.6 is 12.4 Å². The lowest BCUT2D eigenvalue weighted by Gasteiger charge is -1.83. The zero-order valence-electron chi connectivity index (χ0n) is 5.37. The van der Waals surface area contributed by atoms with E-state index in [2.05, 4.69) is 0 Å². The van der Waals surface area contributed by atoms with Gasteiger partial charge in [0.15, 0.2) is 0 Å². The Bertz CT molecular complexity index is 146. The van der Waals surface area contributed by atoms with E-state index in [-0.39, 0.29) is 23.4 Å². The lowest BCUT2D eigenvalue weighted by atomic mass is 9.97. The fourth-order valence-electron chi connectivity index (χ4n) is 0.453. The molecule has 2 radical (unpaired) electrons. The van der Waals surface area contributed by atoms with Crippen molar-refractivity contribution in [3.05, 3.63) is 30.3 Å². The lowest BCUT2D eigenvalue weighted by molar-refractivity contribution is 0.823. The normalized spacial score (nSPS) is 6.00. The first-order valence-electron chi connectivity index (χ1n) is 2.20. The Morgan fingerprint density at radius 3 is 1.50 bits per heavy atom. The van der Waals surface area contributed by atoms with Gasteiger partial charge in [-0.15, -0.1) is 12.4 Å². The van der Waals surface area contributed by atoms with E-state index >= 15 is 0 Å². The summed E-state index contributed by atoms with van der Waals surface area (Å²) in [5.74, 6) is 0. The molecule has 0 aromatic heterocycles. The molecule has 56 valence electrons. The van der Waals surface area contributed by atoms with E-state index in [1.54, 1.807) is 0 Å². The minimum absolute atomic E-state index is 0. The standard InChI is InChI=1S/C6H5B.ClH.2H2O/c7-6-4-2-1-3-5-6;;;/h1-5H;1H;2*1H2. The molecular formula is C6H10BClO2. The molecule has 0 saturated heterocycles. The first kappa shape index (κ1) is 16.2. The zero-order valence-corrected chi connectivity index (χ0v) is 6.19. The summed E-state index contributed by atoms with van der Waals surface area (Å²) in [5.41, 5.74) is 0.822. The van der Waals surface area contributed by atoms with Crippen LogP contribution in [0.5, 0.6) is 0 Å². The van der Waals surface area contributed by atoms with E-state index in [0.29, 0.717) is 0 Å². The molecule has 4 N–H and O–H groups in total. The minimum Gasteiger partial charge on any atom is -0.412 e. The van der Waals surface area contributed by atoms with Crippen molar-refractivity contribution in [3.63, 3.8) is 0 Å². The van der Waals surface area contributed by atoms with Crippen molar-refractivity contribution in [2.75, 3.05) is 0 Å². The highest BCUT2D eigenvalue weighted by Gasteiger charge is 1.71. The van der Waals surface area contributed by atoms with E-state index in [1.165, 1.54) is 0 Å². The molecule has 1 aromatic rings. The first-order valence-corrected chi connectivity index (χ1v) is 2.20. The second-order valence-corrected chi connectivity index (χ2v) is 1.41. The lowest BCUT2D eigenvalue weighted by Crippen LogP contribution is -1.97. The number of hydrogen-bond acceptors (Lipinski definition) is 0. The summed E-state index contributed by atoms with van der Waals surface area (Å²) < 4.78 is 0. The third-order valence-electron chi connectivity index (χ3n) is 0.800. The highest BCUT2D eigenvalue weighted by atomic mass is 35.5. The maximum absolute atomic E-state index is 5.36. The summed E-state index contributed by atoms with van der Waals surface area (Å²) in [4.78, 5) is 0. The van der Waals surface area contributed by atoms with Crippen molar-refractivity contribution in [2.45, 2.75) is 0 Å². The predicted molar refractivity (Wildman–Crippen MR) is 46.3 cm³/mol. The summed E-state index contributed by atoms with van der Waals surface area (Å²) in [6.07, 6.45) is 0. The molecule has 0 aliphatic carbocycles. The van der Waals surface area contributed by atoms with E-state index < -0.39 is 0 Å². The zero-order chi connectivity index (χ0) is 5.11. The van der Waals surface area contributed by atoms with Gasteiger partial charge in [0.25, 0.3) is 0 Å². The summed E-state index contributed by atoms with van der Waals surface area (Å²) in [6, 6.07) is 9.49. The van der Waals surface area contributed by atoms with Crippen molar-refractivity contribution in [3.8, 4) is 0 Å². The first-order chi connectivity index (χ1) is 3.39. The molecule has 0 aliphatic rings. The van der Waals surface area contributed by atoms with E-state index in [9.17, 15) is 0 Å². The largest absolute Gasteiger partial charge is 0.412 e. The van der Waals surface area contributed by atoms with Crippen molar-refractivity contribution < 1.29 is 11.0 Å². The van der Waals surface area contributed by atoms with E-state index in [1.807, 2.05) is 30.3 Å². The molecule has 0 unspecified atom stereocenters. The molecule has 1 rings (SSSR count). The quantitative estimate of drug-likeness (QED) is 0.449. The molecule has 0 atom stereocenters. The second-order valence-electron chi connectivity index (χ2n) is 1.41. The van der Waals surface area contributed by atoms with Crippen molar-refractivity contribution in [1.82, 2.24) is 0 Å². The second kappa shape index (κ2) is 8.49. The van der Waals surface area contributed by atoms with Gasteiger partial charge in [0.2, 0.25) is 0 Å². The molecular weight excluding hydrogens is 150 g/mol. The van der Waals surface area contributed by atoms with Gasteiger partial charge in [-0.05, 0) is 0 Å². The number of benzene rings is 1. The topological polar surface area (TPSA) is 63.0 Å². The van der Waals surface area contributed by atoms with Gasteiger partial charge in [-0.2, -0.15) is 0 Å². The van der Waals surface area contributed by atoms with Crippen LogP contribution in [-0.4, -0.2) is 18.8 Å². The third-order valence-corrected chi connectivity index (χ3v) is 0.800. The van der Waals surface area contributed by atoms with Gasteiger partial charge in [-0.1, -0.05) is 35.8 Å². The number of rotatable bonds is 0. The van der Waals surface area contributed by atoms with Crippen LogP contribution in [0, 0.1) is 0 Å². The van der Waals surface area contributed by atoms with Crippen LogP contribution in [0.3, 0.4) is 0 Å². The summed E-state index contributed by atoms with van der Waals surface area (Å²) in [6.45, 7) is 0. The molecule has 0 saturated carbocycles. The van der Waals surface area contributed by atoms with Crippen LogP contribution in [-0.2, 0) is 0 Å². The van der Waals surface area contributed by atoms with Crippen LogP contribution in [0.25, 0.3) is 0 Å². The van der Waals surface area contributed by atoms with Gasteiger partial charge in [0.1, 0.15) is 7.85 Å². The van der Waals surface area contributed by atoms with Crippen LogP contribution < -0.4 is 5.46 Å². The van der Waals surface area contributed by atoms with Crippen LogP contribution in [0.1, 0.15) is 0 Å². The Morgan fingerprint density at radius 2 is 1.30 bits per heavy atom. The molecule has 10 heavy (non-hydrogen) atoms. The van der Waals surface area contributed by atoms with Crippen LogP contribution in [0.15, 0.2) is 30.3 Å². The van der Waals surface area contributed by atoms with Crippen molar-refractivity contribution in [2.24, 2.45) is 0 Å². The maximum Gasteiger partial charge on any atom is 0.113 e. The summed E-state index contributed by atoms with van der Waals surface area (Å²) in [7, 11) is 5.36. The molecule has 1 aromatic carbocycles. The van der Waals surface area contributed by atoms with Gasteiger partial charge in [-0.25, -0.2) is 0 Å². The van der Waals surface area contributed by atoms with Gasteiger partial charge in [0, 0.05) is 0 Å². The maximum atomic E-state index is 5.36. The molecule has 0 bridgehead atoms. The monoisotopic (exact) mass is 160 g/mol. The fourth-order valence-corrected chi connectivity index (χ4v) is 0.453.